The van der Waals surface area contributed by atoms with Gasteiger partial charge in [-0.15, -0.1) is 0 Å². The molecule has 0 aromatic heterocycles. The number of hydrogen-bond donors (Lipinski definition) is 3. The predicted octanol–water partition coefficient (Wildman–Crippen LogP) is 25.9. The predicted molar refractivity (Wildman–Crippen MR) is 463 cm³/mol. The Morgan fingerprint density at radius 2 is 0.464 bits per heavy atom. The fourth-order valence-electron chi connectivity index (χ4n) is 10.9. The van der Waals surface area contributed by atoms with E-state index >= 15 is 0 Å². The Labute approximate surface area is 679 Å². The molecule has 19 heteroatoms. The standard InChI is InChI=1S/C93H152O17P2/c1-5-9-13-17-21-25-29-33-37-40-43-46-50-54-58-62-66-70-74-78-91(96)104-84-89(110-93(98)80-76-72-68-64-60-56-52-48-45-42-39-35-31-27-23-19-15-11-7-3)86-108-112(101,102)106-82-87(94)81-105-111(99,100)107-85-88(83-103-90(95)77-73-69-65-61-57-53-49-36-32-28-24-20-16-12-8-4)109-92(97)79-75-71-67-63-59-55-51-47-44-41-38-34-30-26-22-18-14-10-6-2/h9-11,13-15,21-23,25-27,33-35,37-39,43-48,54-56,58-60,87-89,94H,5-8,12,16-20,24,28-32,36,40-42,49-53,57,61-86H2,1-4H3,(H,99,100)(H,101,102)/b13-9-,14-10-,15-11-,25-21-,26-22-,27-23-,37-33-,38-34-,39-35-,46-43-,47-44-,48-45-,58-54-,59-55-,60-56-/t87-,88+,89+/m0/s1. The molecule has 0 rings (SSSR count). The van der Waals surface area contributed by atoms with Crippen molar-refractivity contribution in [2.75, 3.05) is 39.6 Å². The van der Waals surface area contributed by atoms with Gasteiger partial charge in [0.25, 0.3) is 0 Å². The van der Waals surface area contributed by atoms with Crippen LogP contribution in [0.15, 0.2) is 182 Å². The molecule has 636 valence electrons. The Hall–Kier alpha value is -5.84. The minimum absolute atomic E-state index is 0.0404. The van der Waals surface area contributed by atoms with Crippen molar-refractivity contribution in [3.8, 4) is 0 Å². The van der Waals surface area contributed by atoms with Gasteiger partial charge in [-0.3, -0.25) is 37.3 Å². The van der Waals surface area contributed by atoms with Crippen molar-refractivity contribution in [3.63, 3.8) is 0 Å². The maximum absolute atomic E-state index is 13.2. The van der Waals surface area contributed by atoms with Crippen LogP contribution in [0.25, 0.3) is 0 Å². The molecule has 0 aliphatic heterocycles. The summed E-state index contributed by atoms with van der Waals surface area (Å²) in [5, 5.41) is 10.7. The van der Waals surface area contributed by atoms with Crippen molar-refractivity contribution in [2.45, 2.75) is 341 Å². The van der Waals surface area contributed by atoms with Crippen LogP contribution in [0, 0.1) is 0 Å². The third kappa shape index (κ3) is 82.2. The lowest BCUT2D eigenvalue weighted by molar-refractivity contribution is -0.161. The van der Waals surface area contributed by atoms with E-state index in [2.05, 4.69) is 210 Å². The van der Waals surface area contributed by atoms with E-state index in [9.17, 15) is 43.2 Å². The van der Waals surface area contributed by atoms with Crippen LogP contribution in [0.2, 0.25) is 0 Å². The van der Waals surface area contributed by atoms with Crippen molar-refractivity contribution < 1.29 is 80.2 Å². The lowest BCUT2D eigenvalue weighted by Crippen LogP contribution is -2.30. The van der Waals surface area contributed by atoms with Gasteiger partial charge < -0.3 is 33.8 Å². The van der Waals surface area contributed by atoms with Crippen molar-refractivity contribution >= 4 is 39.5 Å². The molecule has 0 heterocycles. The zero-order chi connectivity index (χ0) is 81.7. The average molecular weight is 1600 g/mol. The number of carbonyl (C=O) groups excluding carboxylic acids is 4. The Balaban J connectivity index is 5.51. The quantitative estimate of drug-likeness (QED) is 0.0169. The number of esters is 4. The van der Waals surface area contributed by atoms with Gasteiger partial charge in [0.15, 0.2) is 12.2 Å². The van der Waals surface area contributed by atoms with E-state index in [1.807, 2.05) is 0 Å². The highest BCUT2D eigenvalue weighted by Gasteiger charge is 2.30. The normalized spacial score (nSPS) is 14.7. The van der Waals surface area contributed by atoms with E-state index in [1.54, 1.807) is 0 Å². The molecule has 0 radical (unpaired) electrons. The van der Waals surface area contributed by atoms with Crippen LogP contribution in [0.5, 0.6) is 0 Å². The number of aliphatic hydroxyl groups is 1. The minimum atomic E-state index is -5.01. The molecule has 0 saturated carbocycles. The van der Waals surface area contributed by atoms with E-state index < -0.39 is 97.5 Å². The first kappa shape index (κ1) is 106. The van der Waals surface area contributed by atoms with Crippen LogP contribution in [-0.4, -0.2) is 96.7 Å². The summed E-state index contributed by atoms with van der Waals surface area (Å²) in [6.45, 7) is 4.44. The van der Waals surface area contributed by atoms with E-state index in [4.69, 9.17) is 37.0 Å². The van der Waals surface area contributed by atoms with Gasteiger partial charge in [0, 0.05) is 25.7 Å². The minimum Gasteiger partial charge on any atom is -0.462 e. The molecular weight excluding hydrogens is 1450 g/mol. The highest BCUT2D eigenvalue weighted by Crippen LogP contribution is 2.45. The molecule has 0 aliphatic carbocycles. The summed E-state index contributed by atoms with van der Waals surface area (Å²) in [6.07, 6.45) is 101. The summed E-state index contributed by atoms with van der Waals surface area (Å²) in [7, 11) is -10.0. The van der Waals surface area contributed by atoms with Gasteiger partial charge in [0.2, 0.25) is 0 Å². The van der Waals surface area contributed by atoms with Crippen molar-refractivity contribution in [2.24, 2.45) is 0 Å². The van der Waals surface area contributed by atoms with Gasteiger partial charge in [-0.05, 0) is 161 Å². The molecule has 0 amide bonds. The van der Waals surface area contributed by atoms with Gasteiger partial charge >= 0.3 is 39.5 Å². The summed E-state index contributed by atoms with van der Waals surface area (Å²) in [6, 6.07) is 0. The third-order valence-electron chi connectivity index (χ3n) is 17.4. The van der Waals surface area contributed by atoms with Gasteiger partial charge in [-0.25, -0.2) is 9.13 Å². The molecule has 0 aliphatic rings. The van der Waals surface area contributed by atoms with Crippen molar-refractivity contribution in [1.29, 1.82) is 0 Å². The van der Waals surface area contributed by atoms with E-state index in [-0.39, 0.29) is 25.7 Å². The number of phosphoric acid groups is 2. The Bertz CT molecular complexity index is 2840. The first-order valence-electron chi connectivity index (χ1n) is 43.0. The lowest BCUT2D eigenvalue weighted by Gasteiger charge is -2.21. The number of allylic oxidation sites excluding steroid dienone is 30. The number of aliphatic hydroxyl groups excluding tert-OH is 1. The summed E-state index contributed by atoms with van der Waals surface area (Å²) < 4.78 is 68.8. The molecule has 0 fully saturated rings. The molecule has 0 aromatic rings. The molecule has 5 atom stereocenters. The number of phosphoric ester groups is 2. The summed E-state index contributed by atoms with van der Waals surface area (Å²) in [4.78, 5) is 73.3. The Morgan fingerprint density at radius 3 is 0.714 bits per heavy atom. The number of carbonyl (C=O) groups is 4. The SMILES string of the molecule is CC/C=C\C/C=C\C/C=C\C/C=C\C/C=C\CCCCCC(=O)OC[C@H](COP(=O)(O)OC[C@@H](O)COP(=O)(O)OC[C@@H](COC(=O)CCCCCCCCCCCCCCCCC)OC(=O)CCCCC/C=C\C/C=C\C/C=C\C/C=C\C/C=C\CC)OC(=O)CCCCC/C=C\C/C=C\C/C=C\C/C=C\C/C=C\CC. The fraction of sp³-hybridized carbons (Fsp3) is 0.634. The largest absolute Gasteiger partial charge is 0.472 e. The molecule has 2 unspecified atom stereocenters. The molecule has 0 bridgehead atoms. The Morgan fingerprint density at radius 1 is 0.259 bits per heavy atom. The Kier molecular flexibility index (Phi) is 78.8. The zero-order valence-electron chi connectivity index (χ0n) is 69.8. The number of rotatable bonds is 79. The molecule has 0 aromatic carbocycles. The fourth-order valence-corrected chi connectivity index (χ4v) is 12.5. The molecule has 0 spiro atoms. The summed E-state index contributed by atoms with van der Waals surface area (Å²) in [5.41, 5.74) is 0. The average Bonchev–Trinajstić information content (AvgIpc) is 0.908. The summed E-state index contributed by atoms with van der Waals surface area (Å²) >= 11 is 0. The second kappa shape index (κ2) is 83.1. The topological polar surface area (TPSA) is 237 Å². The first-order chi connectivity index (χ1) is 54.7. The highest BCUT2D eigenvalue weighted by molar-refractivity contribution is 7.47. The third-order valence-corrected chi connectivity index (χ3v) is 19.3. The highest BCUT2D eigenvalue weighted by atomic mass is 31.2. The maximum Gasteiger partial charge on any atom is 0.472 e. The van der Waals surface area contributed by atoms with Gasteiger partial charge in [-0.1, -0.05) is 319 Å². The second-order valence-electron chi connectivity index (χ2n) is 28.0. The number of ether oxygens (including phenoxy) is 4. The van der Waals surface area contributed by atoms with Crippen LogP contribution in [-0.2, 0) is 65.4 Å². The van der Waals surface area contributed by atoms with Crippen LogP contribution in [0.4, 0.5) is 0 Å². The monoisotopic (exact) mass is 1600 g/mol. The maximum atomic E-state index is 13.2. The van der Waals surface area contributed by atoms with Gasteiger partial charge in [-0.2, -0.15) is 0 Å². The molecule has 3 N–H and O–H groups in total. The molecular formula is C93H152O17P2. The molecule has 0 saturated heterocycles. The lowest BCUT2D eigenvalue weighted by atomic mass is 10.0. The van der Waals surface area contributed by atoms with Crippen LogP contribution >= 0.6 is 15.6 Å². The molecule has 17 nitrogen and oxygen atoms in total. The second-order valence-corrected chi connectivity index (χ2v) is 30.9. The van der Waals surface area contributed by atoms with Crippen LogP contribution in [0.3, 0.4) is 0 Å². The van der Waals surface area contributed by atoms with E-state index in [0.717, 1.165) is 173 Å². The van der Waals surface area contributed by atoms with E-state index in [0.29, 0.717) is 25.7 Å². The van der Waals surface area contributed by atoms with E-state index in [1.165, 1.54) is 70.6 Å². The van der Waals surface area contributed by atoms with Crippen LogP contribution < -0.4 is 0 Å². The smallest absolute Gasteiger partial charge is 0.462 e. The van der Waals surface area contributed by atoms with Gasteiger partial charge in [0.05, 0.1) is 26.4 Å². The van der Waals surface area contributed by atoms with Crippen molar-refractivity contribution in [1.82, 2.24) is 0 Å². The van der Waals surface area contributed by atoms with Gasteiger partial charge in [0.1, 0.15) is 19.3 Å². The number of hydrogen-bond acceptors (Lipinski definition) is 15. The van der Waals surface area contributed by atoms with Crippen LogP contribution in [0.1, 0.15) is 323 Å². The first-order valence-corrected chi connectivity index (χ1v) is 46.0. The molecule has 112 heavy (non-hydrogen) atoms. The number of unbranched alkanes of at least 4 members (excludes halogenated alkanes) is 23. The summed E-state index contributed by atoms with van der Waals surface area (Å²) in [5.74, 6) is -2.29. The zero-order valence-corrected chi connectivity index (χ0v) is 71.6. The van der Waals surface area contributed by atoms with Crippen molar-refractivity contribution in [3.05, 3.63) is 182 Å².